The van der Waals surface area contributed by atoms with E-state index in [0.717, 1.165) is 43.1 Å². The summed E-state index contributed by atoms with van der Waals surface area (Å²) in [5.41, 5.74) is 5.27. The van der Waals surface area contributed by atoms with Crippen LogP contribution in [-0.4, -0.2) is 4.57 Å². The van der Waals surface area contributed by atoms with Crippen molar-refractivity contribution in [1.29, 1.82) is 0 Å². The lowest BCUT2D eigenvalue weighted by Gasteiger charge is -2.07. The Morgan fingerprint density at radius 2 is 1.57 bits per heavy atom. The number of fused-ring (bicyclic) bond motifs is 5. The average Bonchev–Trinajstić information content (AvgIpc) is 3.09. The Labute approximate surface area is 141 Å². The Hall–Kier alpha value is -2.52. The maximum atomic E-state index is 6.17. The van der Waals surface area contributed by atoms with E-state index in [1.165, 1.54) is 0 Å². The van der Waals surface area contributed by atoms with Gasteiger partial charge < -0.3 is 8.98 Å². The molecule has 0 fully saturated rings. The van der Waals surface area contributed by atoms with Gasteiger partial charge in [0.15, 0.2) is 5.58 Å². The van der Waals surface area contributed by atoms with Gasteiger partial charge in [0.25, 0.3) is 0 Å². The molecule has 5 rings (SSSR count). The van der Waals surface area contributed by atoms with Crippen molar-refractivity contribution >= 4 is 48.9 Å². The number of furan rings is 1. The van der Waals surface area contributed by atoms with Gasteiger partial charge in [-0.1, -0.05) is 46.3 Å². The molecule has 3 aromatic carbocycles. The van der Waals surface area contributed by atoms with Crippen molar-refractivity contribution in [2.24, 2.45) is 0 Å². The number of halogens is 1. The van der Waals surface area contributed by atoms with Crippen LogP contribution in [-0.2, 0) is 0 Å². The first-order chi connectivity index (χ1) is 11.3. The van der Waals surface area contributed by atoms with E-state index in [-0.39, 0.29) is 0 Å². The normalized spacial score (nSPS) is 11.7. The summed E-state index contributed by atoms with van der Waals surface area (Å²) in [6, 6.07) is 24.9. The Kier molecular flexibility index (Phi) is 2.67. The van der Waals surface area contributed by atoms with Crippen molar-refractivity contribution in [1.82, 2.24) is 4.57 Å². The van der Waals surface area contributed by atoms with Crippen LogP contribution in [0.1, 0.15) is 0 Å². The van der Waals surface area contributed by atoms with Gasteiger partial charge in [-0.25, -0.2) is 0 Å². The van der Waals surface area contributed by atoms with Gasteiger partial charge >= 0.3 is 0 Å². The molecular formula is C20H12BrNO. The van der Waals surface area contributed by atoms with E-state index in [4.69, 9.17) is 4.42 Å². The number of para-hydroxylation sites is 2. The van der Waals surface area contributed by atoms with Crippen LogP contribution >= 0.6 is 15.9 Å². The molecule has 2 aromatic heterocycles. The Bertz CT molecular complexity index is 1180. The Morgan fingerprint density at radius 3 is 2.43 bits per heavy atom. The van der Waals surface area contributed by atoms with E-state index >= 15 is 0 Å². The van der Waals surface area contributed by atoms with Gasteiger partial charge in [0.2, 0.25) is 0 Å². The summed E-state index contributed by atoms with van der Waals surface area (Å²) in [4.78, 5) is 0. The molecule has 0 aliphatic rings. The number of hydrogen-bond acceptors (Lipinski definition) is 1. The zero-order valence-electron chi connectivity index (χ0n) is 12.2. The number of hydrogen-bond donors (Lipinski definition) is 0. The molecule has 0 saturated carbocycles. The number of benzene rings is 3. The number of rotatable bonds is 1. The molecule has 0 saturated heterocycles. The SMILES string of the molecule is Brc1cccc(-n2c3ccccc3c3oc4ccccc4c32)c1. The molecule has 5 aromatic rings. The average molecular weight is 362 g/mol. The van der Waals surface area contributed by atoms with Gasteiger partial charge in [-0.3, -0.25) is 0 Å². The van der Waals surface area contributed by atoms with Crippen LogP contribution in [0.25, 0.3) is 38.7 Å². The minimum absolute atomic E-state index is 0.923. The van der Waals surface area contributed by atoms with Gasteiger partial charge in [-0.05, 0) is 42.5 Å². The largest absolute Gasteiger partial charge is 0.454 e. The van der Waals surface area contributed by atoms with E-state index in [0.29, 0.717) is 0 Å². The highest BCUT2D eigenvalue weighted by Gasteiger charge is 2.18. The van der Waals surface area contributed by atoms with Crippen LogP contribution in [0.3, 0.4) is 0 Å². The second-order valence-electron chi connectivity index (χ2n) is 5.61. The summed E-state index contributed by atoms with van der Waals surface area (Å²) < 4.78 is 9.51. The van der Waals surface area contributed by atoms with Crippen molar-refractivity contribution in [2.45, 2.75) is 0 Å². The fraction of sp³-hybridized carbons (Fsp3) is 0. The van der Waals surface area contributed by atoms with E-state index in [1.807, 2.05) is 18.2 Å². The monoisotopic (exact) mass is 361 g/mol. The van der Waals surface area contributed by atoms with Gasteiger partial charge in [-0.15, -0.1) is 0 Å². The van der Waals surface area contributed by atoms with Crippen molar-refractivity contribution in [3.8, 4) is 5.69 Å². The summed E-state index contributed by atoms with van der Waals surface area (Å²) in [6.07, 6.45) is 0. The van der Waals surface area contributed by atoms with Crippen molar-refractivity contribution in [3.05, 3.63) is 77.3 Å². The smallest absolute Gasteiger partial charge is 0.161 e. The molecule has 2 heterocycles. The van der Waals surface area contributed by atoms with Crippen LogP contribution < -0.4 is 0 Å². The second kappa shape index (κ2) is 4.74. The Balaban J connectivity index is 2.06. The van der Waals surface area contributed by atoms with Crippen LogP contribution in [0.4, 0.5) is 0 Å². The minimum atomic E-state index is 0.923. The highest BCUT2D eigenvalue weighted by molar-refractivity contribution is 9.10. The molecule has 0 bridgehead atoms. The minimum Gasteiger partial charge on any atom is -0.454 e. The van der Waals surface area contributed by atoms with Gasteiger partial charge in [0.05, 0.1) is 5.52 Å². The lowest BCUT2D eigenvalue weighted by molar-refractivity contribution is 0.673. The maximum absolute atomic E-state index is 6.17. The molecule has 0 amide bonds. The number of nitrogens with zero attached hydrogens (tertiary/aromatic N) is 1. The van der Waals surface area contributed by atoms with E-state index in [9.17, 15) is 0 Å². The standard InChI is InChI=1S/C20H12BrNO/c21-13-6-5-7-14(12-13)22-17-10-3-1-8-15(17)20-19(22)16-9-2-4-11-18(16)23-20/h1-12H. The van der Waals surface area contributed by atoms with E-state index < -0.39 is 0 Å². The first kappa shape index (κ1) is 13.0. The molecule has 0 N–H and O–H groups in total. The van der Waals surface area contributed by atoms with Gasteiger partial charge in [0, 0.05) is 20.9 Å². The molecule has 0 unspecified atom stereocenters. The highest BCUT2D eigenvalue weighted by Crippen LogP contribution is 2.38. The summed E-state index contributed by atoms with van der Waals surface area (Å²) in [5.74, 6) is 0. The van der Waals surface area contributed by atoms with E-state index in [1.54, 1.807) is 0 Å². The molecule has 3 heteroatoms. The fourth-order valence-electron chi connectivity index (χ4n) is 3.30. The lowest BCUT2D eigenvalue weighted by atomic mass is 10.2. The number of aromatic nitrogens is 1. The zero-order valence-corrected chi connectivity index (χ0v) is 13.7. The van der Waals surface area contributed by atoms with Gasteiger partial charge in [0.1, 0.15) is 11.1 Å². The molecule has 0 aliphatic carbocycles. The summed E-state index contributed by atoms with van der Waals surface area (Å²) in [6.45, 7) is 0. The lowest BCUT2D eigenvalue weighted by Crippen LogP contribution is -1.93. The van der Waals surface area contributed by atoms with Crippen molar-refractivity contribution in [3.63, 3.8) is 0 Å². The molecule has 0 radical (unpaired) electrons. The molecule has 0 atom stereocenters. The third-order valence-electron chi connectivity index (χ3n) is 4.25. The van der Waals surface area contributed by atoms with Crippen LogP contribution in [0.2, 0.25) is 0 Å². The molecule has 23 heavy (non-hydrogen) atoms. The highest BCUT2D eigenvalue weighted by atomic mass is 79.9. The zero-order chi connectivity index (χ0) is 15.4. The molecule has 2 nitrogen and oxygen atoms in total. The Morgan fingerprint density at radius 1 is 0.783 bits per heavy atom. The molecule has 0 aliphatic heterocycles. The third-order valence-corrected chi connectivity index (χ3v) is 4.74. The van der Waals surface area contributed by atoms with Crippen LogP contribution in [0.15, 0.2) is 81.7 Å². The first-order valence-electron chi connectivity index (χ1n) is 7.49. The summed E-state index contributed by atoms with van der Waals surface area (Å²) >= 11 is 3.58. The topological polar surface area (TPSA) is 18.1 Å². The fourth-order valence-corrected chi connectivity index (χ4v) is 3.69. The van der Waals surface area contributed by atoms with Crippen LogP contribution in [0, 0.1) is 0 Å². The predicted octanol–water partition coefficient (Wildman–Crippen LogP) is 6.29. The van der Waals surface area contributed by atoms with Crippen LogP contribution in [0.5, 0.6) is 0 Å². The molecular weight excluding hydrogens is 350 g/mol. The molecule has 110 valence electrons. The van der Waals surface area contributed by atoms with Crippen molar-refractivity contribution in [2.75, 3.05) is 0 Å². The summed E-state index contributed by atoms with van der Waals surface area (Å²) in [5, 5.41) is 2.28. The first-order valence-corrected chi connectivity index (χ1v) is 8.29. The maximum Gasteiger partial charge on any atom is 0.161 e. The predicted molar refractivity (Wildman–Crippen MR) is 98.3 cm³/mol. The van der Waals surface area contributed by atoms with Gasteiger partial charge in [-0.2, -0.15) is 0 Å². The summed E-state index contributed by atoms with van der Waals surface area (Å²) in [7, 11) is 0. The van der Waals surface area contributed by atoms with E-state index in [2.05, 4.69) is 75.1 Å². The quantitative estimate of drug-likeness (QED) is 0.343. The van der Waals surface area contributed by atoms with Crippen molar-refractivity contribution < 1.29 is 4.42 Å². The third kappa shape index (κ3) is 1.80. The second-order valence-corrected chi connectivity index (χ2v) is 6.52. The molecule has 0 spiro atoms.